The molecule has 2 spiro atoms. The van der Waals surface area contributed by atoms with Gasteiger partial charge >= 0.3 is 11.9 Å². The second kappa shape index (κ2) is 6.26. The SMILES string of the molecule is C=C1C(=O)[C@]23C[C@H]1CC[C@H]2[C@@]1(CCC[C@](C)(COC(C)=O)[C@H]1C=O)COC3=O. The van der Waals surface area contributed by atoms with E-state index in [1.807, 2.05) is 6.92 Å². The lowest BCUT2D eigenvalue weighted by atomic mass is 9.45. The summed E-state index contributed by atoms with van der Waals surface area (Å²) in [6.45, 7) is 7.61. The van der Waals surface area contributed by atoms with E-state index in [0.29, 0.717) is 12.0 Å². The molecule has 1 aliphatic heterocycles. The van der Waals surface area contributed by atoms with Gasteiger partial charge < -0.3 is 14.3 Å². The first-order valence-electron chi connectivity index (χ1n) is 10.2. The van der Waals surface area contributed by atoms with Crippen LogP contribution < -0.4 is 0 Å². The van der Waals surface area contributed by atoms with Crippen molar-refractivity contribution >= 4 is 24.0 Å². The van der Waals surface area contributed by atoms with Crippen molar-refractivity contribution in [3.05, 3.63) is 12.2 Å². The highest BCUT2D eigenvalue weighted by Crippen LogP contribution is 2.67. The van der Waals surface area contributed by atoms with Crippen molar-refractivity contribution in [1.82, 2.24) is 0 Å². The van der Waals surface area contributed by atoms with Crippen LogP contribution in [0.4, 0.5) is 0 Å². The van der Waals surface area contributed by atoms with E-state index >= 15 is 0 Å². The maximum absolute atomic E-state index is 13.2. The van der Waals surface area contributed by atoms with E-state index in [1.54, 1.807) is 0 Å². The second-order valence-corrected chi connectivity index (χ2v) is 9.57. The predicted molar refractivity (Wildman–Crippen MR) is 98.9 cm³/mol. The molecule has 6 nitrogen and oxygen atoms in total. The van der Waals surface area contributed by atoms with E-state index in [4.69, 9.17) is 9.47 Å². The van der Waals surface area contributed by atoms with Gasteiger partial charge in [0, 0.05) is 23.7 Å². The number of carbonyl (C=O) groups excluding carboxylic acids is 4. The number of Topliss-reactive ketones (excluding diaryl/α,β-unsaturated/α-hetero) is 1. The van der Waals surface area contributed by atoms with Crippen LogP contribution in [0.1, 0.15) is 52.4 Å². The first-order valence-corrected chi connectivity index (χ1v) is 10.2. The minimum atomic E-state index is -1.18. The maximum atomic E-state index is 13.2. The molecule has 6 heteroatoms. The van der Waals surface area contributed by atoms with Gasteiger partial charge in [-0.05, 0) is 49.5 Å². The molecule has 4 rings (SSSR count). The van der Waals surface area contributed by atoms with E-state index in [-0.39, 0.29) is 36.8 Å². The number of fused-ring (bicyclic) bond motifs is 2. The zero-order valence-electron chi connectivity index (χ0n) is 16.6. The van der Waals surface area contributed by atoms with E-state index in [2.05, 4.69) is 6.58 Å². The van der Waals surface area contributed by atoms with Gasteiger partial charge in [-0.3, -0.25) is 14.4 Å². The van der Waals surface area contributed by atoms with Crippen LogP contribution in [0, 0.1) is 34.0 Å². The third kappa shape index (κ3) is 2.32. The fourth-order valence-electron chi connectivity index (χ4n) is 6.90. The van der Waals surface area contributed by atoms with E-state index in [1.165, 1.54) is 6.92 Å². The van der Waals surface area contributed by atoms with Crippen molar-refractivity contribution in [2.24, 2.45) is 34.0 Å². The van der Waals surface area contributed by atoms with E-state index in [9.17, 15) is 19.2 Å². The van der Waals surface area contributed by atoms with Gasteiger partial charge in [-0.25, -0.2) is 0 Å². The summed E-state index contributed by atoms with van der Waals surface area (Å²) in [5.41, 5.74) is -1.77. The Kier molecular flexibility index (Phi) is 4.32. The van der Waals surface area contributed by atoms with Crippen LogP contribution in [-0.2, 0) is 28.7 Å². The van der Waals surface area contributed by atoms with Crippen LogP contribution >= 0.6 is 0 Å². The van der Waals surface area contributed by atoms with Gasteiger partial charge in [0.05, 0.1) is 13.2 Å². The number of hydrogen-bond acceptors (Lipinski definition) is 6. The smallest absolute Gasteiger partial charge is 0.320 e. The summed E-state index contributed by atoms with van der Waals surface area (Å²) in [6, 6.07) is 0. The highest BCUT2D eigenvalue weighted by Gasteiger charge is 2.72. The molecule has 0 unspecified atom stereocenters. The molecule has 28 heavy (non-hydrogen) atoms. The Morgan fingerprint density at radius 2 is 2.07 bits per heavy atom. The first kappa shape index (κ1) is 19.3. The Hall–Kier alpha value is -1.98. The Bertz CT molecular complexity index is 771. The Balaban J connectivity index is 1.78. The van der Waals surface area contributed by atoms with Crippen molar-refractivity contribution < 1.29 is 28.7 Å². The lowest BCUT2D eigenvalue weighted by Gasteiger charge is -2.60. The summed E-state index contributed by atoms with van der Waals surface area (Å²) >= 11 is 0. The fraction of sp³-hybridized carbons (Fsp3) is 0.727. The van der Waals surface area contributed by atoms with Crippen LogP contribution in [0.25, 0.3) is 0 Å². The number of hydrogen-bond donors (Lipinski definition) is 0. The number of carbonyl (C=O) groups is 4. The highest BCUT2D eigenvalue weighted by molar-refractivity contribution is 6.15. The summed E-state index contributed by atoms with van der Waals surface area (Å²) in [6.07, 6.45) is 5.28. The topological polar surface area (TPSA) is 86.7 Å². The molecule has 3 aliphatic carbocycles. The average molecular weight is 388 g/mol. The molecule has 152 valence electrons. The van der Waals surface area contributed by atoms with E-state index in [0.717, 1.165) is 38.4 Å². The number of esters is 2. The van der Waals surface area contributed by atoms with Crippen molar-refractivity contribution in [2.45, 2.75) is 52.4 Å². The third-order valence-corrected chi connectivity index (χ3v) is 8.19. The van der Waals surface area contributed by atoms with Crippen LogP contribution in [0.2, 0.25) is 0 Å². The first-order chi connectivity index (χ1) is 13.2. The zero-order valence-corrected chi connectivity index (χ0v) is 16.6. The van der Waals surface area contributed by atoms with Crippen molar-refractivity contribution in [3.63, 3.8) is 0 Å². The van der Waals surface area contributed by atoms with Gasteiger partial charge in [-0.15, -0.1) is 0 Å². The van der Waals surface area contributed by atoms with Gasteiger partial charge in [-0.1, -0.05) is 19.9 Å². The van der Waals surface area contributed by atoms with Crippen molar-refractivity contribution in [1.29, 1.82) is 0 Å². The Morgan fingerprint density at radius 1 is 1.32 bits per heavy atom. The molecular formula is C22H28O6. The summed E-state index contributed by atoms with van der Waals surface area (Å²) in [5, 5.41) is 0. The lowest BCUT2D eigenvalue weighted by Crippen LogP contribution is -2.64. The van der Waals surface area contributed by atoms with Gasteiger partial charge in [0.2, 0.25) is 0 Å². The molecule has 0 radical (unpaired) electrons. The number of cyclic esters (lactones) is 1. The van der Waals surface area contributed by atoms with Crippen molar-refractivity contribution in [2.75, 3.05) is 13.2 Å². The minimum Gasteiger partial charge on any atom is -0.465 e. The van der Waals surface area contributed by atoms with E-state index < -0.39 is 28.1 Å². The zero-order chi connectivity index (χ0) is 20.3. The molecule has 3 saturated carbocycles. The molecule has 1 saturated heterocycles. The molecule has 1 heterocycles. The predicted octanol–water partition coefficient (Wildman–Crippen LogP) is 2.64. The van der Waals surface area contributed by atoms with Gasteiger partial charge in [0.25, 0.3) is 0 Å². The molecular weight excluding hydrogens is 360 g/mol. The monoisotopic (exact) mass is 388 g/mol. The highest BCUT2D eigenvalue weighted by atomic mass is 16.5. The minimum absolute atomic E-state index is 0.0390. The number of ketones is 1. The number of allylic oxidation sites excluding steroid dienone is 1. The maximum Gasteiger partial charge on any atom is 0.320 e. The summed E-state index contributed by atoms with van der Waals surface area (Å²) in [5.74, 6) is -1.62. The molecule has 0 aromatic heterocycles. The second-order valence-electron chi connectivity index (χ2n) is 9.57. The number of ether oxygens (including phenoxy) is 2. The van der Waals surface area contributed by atoms with Gasteiger partial charge in [0.1, 0.15) is 11.7 Å². The van der Waals surface area contributed by atoms with Gasteiger partial charge in [-0.2, -0.15) is 0 Å². The van der Waals surface area contributed by atoms with Crippen LogP contribution in [0.15, 0.2) is 12.2 Å². The quantitative estimate of drug-likeness (QED) is 0.320. The van der Waals surface area contributed by atoms with Gasteiger partial charge in [0.15, 0.2) is 5.78 Å². The lowest BCUT2D eigenvalue weighted by molar-refractivity contribution is -0.214. The molecule has 0 aromatic carbocycles. The summed E-state index contributed by atoms with van der Waals surface area (Å²) in [4.78, 5) is 49.9. The standard InChI is InChI=1S/C22H28O6/c1-13-15-5-6-16-21(12-28-19(26)22(16,9-15)18(13)25)8-4-7-20(3,17(21)10-23)11-27-14(2)24/h10,15-17H,1,4-9,11-12H2,2-3H3/t15-,16+,17-,20-,21-,22+/m1/s1. The molecule has 4 aliphatic rings. The fourth-order valence-corrected chi connectivity index (χ4v) is 6.90. The van der Waals surface area contributed by atoms with Crippen LogP contribution in [0.5, 0.6) is 0 Å². The third-order valence-electron chi connectivity index (χ3n) is 8.19. The number of aldehydes is 1. The largest absolute Gasteiger partial charge is 0.465 e. The molecule has 6 atom stereocenters. The number of rotatable bonds is 3. The summed E-state index contributed by atoms with van der Waals surface area (Å²) < 4.78 is 11.0. The van der Waals surface area contributed by atoms with Crippen LogP contribution in [-0.4, -0.2) is 37.2 Å². The summed E-state index contributed by atoms with van der Waals surface area (Å²) in [7, 11) is 0. The average Bonchev–Trinajstić information content (AvgIpc) is 2.85. The van der Waals surface area contributed by atoms with Crippen LogP contribution in [0.3, 0.4) is 0 Å². The Morgan fingerprint density at radius 3 is 2.75 bits per heavy atom. The Labute approximate surface area is 165 Å². The molecule has 0 aromatic rings. The molecule has 2 bridgehead atoms. The normalized spacial score (nSPS) is 44.8. The molecule has 0 N–H and O–H groups in total. The van der Waals surface area contributed by atoms with Crippen molar-refractivity contribution in [3.8, 4) is 0 Å². The molecule has 4 fully saturated rings. The molecule has 0 amide bonds.